The zero-order valence-electron chi connectivity index (χ0n) is 25.9. The minimum absolute atomic E-state index is 0.0105. The summed E-state index contributed by atoms with van der Waals surface area (Å²) in [6, 6.07) is 6.01. The first kappa shape index (κ1) is 32.3. The smallest absolute Gasteiger partial charge is 0.419 e. The van der Waals surface area contributed by atoms with E-state index in [1.807, 2.05) is 6.92 Å². The van der Waals surface area contributed by atoms with Crippen LogP contribution in [0.15, 0.2) is 30.3 Å². The second-order valence-corrected chi connectivity index (χ2v) is 12.3. The molecule has 1 unspecified atom stereocenters. The average Bonchev–Trinajstić information content (AvgIpc) is 3.38. The maximum atomic E-state index is 15.6. The maximum Gasteiger partial charge on any atom is 0.419 e. The minimum Gasteiger partial charge on any atom is -0.496 e. The number of ether oxygens (including phenoxy) is 3. The van der Waals surface area contributed by atoms with E-state index in [0.29, 0.717) is 58.5 Å². The van der Waals surface area contributed by atoms with Crippen LogP contribution in [0.25, 0.3) is 11.1 Å². The Morgan fingerprint density at radius 2 is 1.76 bits per heavy atom. The van der Waals surface area contributed by atoms with E-state index in [9.17, 15) is 27.9 Å². The number of aliphatic carboxylic acids is 1. The summed E-state index contributed by atoms with van der Waals surface area (Å²) in [6.45, 7) is 9.33. The van der Waals surface area contributed by atoms with Crippen LogP contribution >= 0.6 is 0 Å². The van der Waals surface area contributed by atoms with Gasteiger partial charge in [0.2, 0.25) is 0 Å². The van der Waals surface area contributed by atoms with Gasteiger partial charge < -0.3 is 24.2 Å². The fourth-order valence-electron chi connectivity index (χ4n) is 6.27. The monoisotopic (exact) mass is 629 g/mol. The number of fused-ring (bicyclic) bond motifs is 2. The number of alkyl halides is 3. The van der Waals surface area contributed by atoms with Crippen LogP contribution in [0.5, 0.6) is 11.5 Å². The number of methoxy groups -OCH3 is 1. The number of nitrogens with zero attached hydrogens (tertiary/aromatic N) is 1. The van der Waals surface area contributed by atoms with Crippen molar-refractivity contribution in [3.63, 3.8) is 0 Å². The van der Waals surface area contributed by atoms with Crippen LogP contribution in [0.4, 0.5) is 23.2 Å². The summed E-state index contributed by atoms with van der Waals surface area (Å²) < 4.78 is 72.7. The third-order valence-electron chi connectivity index (χ3n) is 8.20. The molecule has 1 atom stereocenters. The molecule has 3 aromatic carbocycles. The molecule has 0 bridgehead atoms. The number of hydrogen-bond acceptors (Lipinski definition) is 5. The number of rotatable bonds is 6. The van der Waals surface area contributed by atoms with Crippen LogP contribution in [0, 0.1) is 19.7 Å². The Balaban J connectivity index is 1.73. The topological polar surface area (TPSA) is 85.3 Å². The zero-order chi connectivity index (χ0) is 33.0. The number of carbonyl (C=O) groups excluding carboxylic acids is 1. The number of aryl methyl sites for hydroxylation is 1. The van der Waals surface area contributed by atoms with E-state index in [2.05, 4.69) is 0 Å². The van der Waals surface area contributed by atoms with Crippen molar-refractivity contribution in [3.05, 3.63) is 75.1 Å². The van der Waals surface area contributed by atoms with Crippen LogP contribution in [-0.4, -0.2) is 42.8 Å². The maximum absolute atomic E-state index is 15.6. The predicted molar refractivity (Wildman–Crippen MR) is 160 cm³/mol. The van der Waals surface area contributed by atoms with Crippen LogP contribution in [-0.2, 0) is 28.5 Å². The molecule has 0 saturated carbocycles. The Morgan fingerprint density at radius 3 is 2.38 bits per heavy atom. The van der Waals surface area contributed by atoms with Crippen molar-refractivity contribution < 1.29 is 46.5 Å². The number of carboxylic acids is 1. The van der Waals surface area contributed by atoms with E-state index in [1.165, 1.54) is 11.0 Å². The summed E-state index contributed by atoms with van der Waals surface area (Å²) >= 11 is 0. The van der Waals surface area contributed by atoms with E-state index >= 15 is 4.39 Å². The highest BCUT2D eigenvalue weighted by Crippen LogP contribution is 2.48. The number of anilines is 1. The molecule has 1 amide bonds. The van der Waals surface area contributed by atoms with Gasteiger partial charge in [-0.15, -0.1) is 0 Å². The molecule has 5 rings (SSSR count). The second-order valence-electron chi connectivity index (χ2n) is 12.3. The van der Waals surface area contributed by atoms with Gasteiger partial charge in [-0.1, -0.05) is 0 Å². The predicted octanol–water partition coefficient (Wildman–Crippen LogP) is 7.61. The first-order chi connectivity index (χ1) is 21.0. The molecule has 0 spiro atoms. The lowest BCUT2D eigenvalue weighted by Gasteiger charge is -2.30. The van der Waals surface area contributed by atoms with Crippen LogP contribution in [0.2, 0.25) is 0 Å². The lowest BCUT2D eigenvalue weighted by molar-refractivity contribution is -0.160. The zero-order valence-corrected chi connectivity index (χ0v) is 25.9. The normalized spacial score (nSPS) is 15.3. The molecule has 2 aliphatic rings. The van der Waals surface area contributed by atoms with Crippen molar-refractivity contribution in [1.82, 2.24) is 0 Å². The van der Waals surface area contributed by atoms with Gasteiger partial charge in [0, 0.05) is 28.9 Å². The molecule has 45 heavy (non-hydrogen) atoms. The standard InChI is InChI=1S/C34H35F4NO6/c1-17-14-25-21(11-12-39(25)31(40)19-9-10-23(34(36,37)38)26(15-19)43-6)28(27(17)30(32(41)42)45-33(3,4)5)22-16-24(35)29-20(18(22)2)8-7-13-44-29/h9-10,14-16,30H,7-8,11-13H2,1-6H3,(H,41,42). The highest BCUT2D eigenvalue weighted by atomic mass is 19.4. The molecule has 0 aliphatic carbocycles. The van der Waals surface area contributed by atoms with Gasteiger partial charge in [-0.05, 0) is 112 Å². The highest BCUT2D eigenvalue weighted by Gasteiger charge is 2.38. The minimum atomic E-state index is -4.67. The number of benzene rings is 3. The summed E-state index contributed by atoms with van der Waals surface area (Å²) in [5.41, 5.74) is 2.43. The quantitative estimate of drug-likeness (QED) is 0.283. The van der Waals surface area contributed by atoms with Crippen molar-refractivity contribution >= 4 is 17.6 Å². The van der Waals surface area contributed by atoms with Gasteiger partial charge >= 0.3 is 12.1 Å². The molecule has 2 heterocycles. The molecular formula is C34H35F4NO6. The fraction of sp³-hybridized carbons (Fsp3) is 0.412. The Labute approximate surface area is 258 Å². The molecule has 0 fully saturated rings. The third-order valence-corrected chi connectivity index (χ3v) is 8.20. The van der Waals surface area contributed by atoms with Crippen molar-refractivity contribution in [1.29, 1.82) is 0 Å². The van der Waals surface area contributed by atoms with Crippen molar-refractivity contribution in [2.75, 3.05) is 25.2 Å². The summed E-state index contributed by atoms with van der Waals surface area (Å²) in [5, 5.41) is 10.4. The van der Waals surface area contributed by atoms with Gasteiger partial charge in [0.25, 0.3) is 5.91 Å². The SMILES string of the molecule is COc1cc(C(=O)N2CCc3c2cc(C)c(C(OC(C)(C)C)C(=O)O)c3-c2cc(F)c3c(c2C)CCCO3)ccc1C(F)(F)F. The first-order valence-electron chi connectivity index (χ1n) is 14.6. The first-order valence-corrected chi connectivity index (χ1v) is 14.6. The summed E-state index contributed by atoms with van der Waals surface area (Å²) in [4.78, 5) is 28.0. The number of amides is 1. The third kappa shape index (κ3) is 5.97. The molecule has 2 aliphatic heterocycles. The lowest BCUT2D eigenvalue weighted by Crippen LogP contribution is -2.30. The lowest BCUT2D eigenvalue weighted by atomic mass is 9.83. The fourth-order valence-corrected chi connectivity index (χ4v) is 6.27. The molecule has 11 heteroatoms. The van der Waals surface area contributed by atoms with Crippen LogP contribution in [0.1, 0.15) is 77.0 Å². The molecule has 0 aromatic heterocycles. The molecule has 0 radical (unpaired) electrons. The van der Waals surface area contributed by atoms with Gasteiger partial charge in [0.1, 0.15) is 5.75 Å². The largest absolute Gasteiger partial charge is 0.496 e. The van der Waals surface area contributed by atoms with E-state index in [4.69, 9.17) is 14.2 Å². The number of halogens is 4. The van der Waals surface area contributed by atoms with Gasteiger partial charge in [-0.3, -0.25) is 4.79 Å². The van der Waals surface area contributed by atoms with Gasteiger partial charge in [-0.25, -0.2) is 9.18 Å². The molecule has 3 aromatic rings. The summed E-state index contributed by atoms with van der Waals surface area (Å²) in [5.74, 6) is -2.65. The second kappa shape index (κ2) is 11.7. The van der Waals surface area contributed by atoms with Crippen molar-refractivity contribution in [3.8, 4) is 22.6 Å². The van der Waals surface area contributed by atoms with Crippen LogP contribution < -0.4 is 14.4 Å². The molecule has 240 valence electrons. The van der Waals surface area contributed by atoms with Crippen molar-refractivity contribution in [2.45, 2.75) is 71.8 Å². The Hall–Kier alpha value is -4.12. The van der Waals surface area contributed by atoms with Gasteiger partial charge in [0.05, 0.1) is 24.9 Å². The summed E-state index contributed by atoms with van der Waals surface area (Å²) in [7, 11) is 1.10. The van der Waals surface area contributed by atoms with Gasteiger partial charge in [0.15, 0.2) is 17.7 Å². The Kier molecular flexibility index (Phi) is 8.37. The van der Waals surface area contributed by atoms with Crippen molar-refractivity contribution in [2.24, 2.45) is 0 Å². The summed E-state index contributed by atoms with van der Waals surface area (Å²) in [6.07, 6.45) is -4.52. The number of hydrogen-bond donors (Lipinski definition) is 1. The van der Waals surface area contributed by atoms with Crippen LogP contribution in [0.3, 0.4) is 0 Å². The Bertz CT molecular complexity index is 1690. The highest BCUT2D eigenvalue weighted by molar-refractivity contribution is 6.08. The number of carboxylic acid groups (broad SMARTS) is 1. The Morgan fingerprint density at radius 1 is 1.04 bits per heavy atom. The molecule has 0 saturated heterocycles. The van der Waals surface area contributed by atoms with E-state index in [-0.39, 0.29) is 24.3 Å². The molecule has 1 N–H and O–H groups in total. The molecule has 7 nitrogen and oxygen atoms in total. The van der Waals surface area contributed by atoms with E-state index < -0.39 is 46.9 Å². The average molecular weight is 630 g/mol. The van der Waals surface area contributed by atoms with E-state index in [0.717, 1.165) is 30.9 Å². The molecular weight excluding hydrogens is 594 g/mol. The van der Waals surface area contributed by atoms with E-state index in [1.54, 1.807) is 33.8 Å². The number of carbonyl (C=O) groups is 2. The van der Waals surface area contributed by atoms with Gasteiger partial charge in [-0.2, -0.15) is 13.2 Å².